The first-order valence-electron chi connectivity index (χ1n) is 7.69. The Morgan fingerprint density at radius 1 is 1.30 bits per heavy atom. The molecule has 0 saturated heterocycles. The molecule has 0 saturated carbocycles. The Morgan fingerprint density at radius 2 is 1.87 bits per heavy atom. The van der Waals surface area contributed by atoms with E-state index in [1.165, 1.54) is 0 Å². The van der Waals surface area contributed by atoms with Crippen LogP contribution in [0.3, 0.4) is 0 Å². The molecule has 1 aromatic carbocycles. The van der Waals surface area contributed by atoms with Crippen molar-refractivity contribution in [3.05, 3.63) is 33.3 Å². The van der Waals surface area contributed by atoms with E-state index in [4.69, 9.17) is 11.6 Å². The number of hydrogen-bond donors (Lipinski definition) is 2. The summed E-state index contributed by atoms with van der Waals surface area (Å²) in [5.41, 5.74) is 0.252. The molecule has 6 heteroatoms. The van der Waals surface area contributed by atoms with Gasteiger partial charge in [-0.2, -0.15) is 0 Å². The van der Waals surface area contributed by atoms with Crippen molar-refractivity contribution < 1.29 is 9.66 Å². The normalized spacial score (nSPS) is 17.9. The van der Waals surface area contributed by atoms with Gasteiger partial charge in [0.15, 0.2) is 0 Å². The van der Waals surface area contributed by atoms with Crippen LogP contribution in [0.4, 0.5) is 0 Å². The van der Waals surface area contributed by atoms with Crippen molar-refractivity contribution in [3.63, 3.8) is 0 Å². The molecule has 0 aliphatic carbocycles. The third-order valence-corrected chi connectivity index (χ3v) is 7.08. The minimum Gasteiger partial charge on any atom is -0.598 e. The van der Waals surface area contributed by atoms with Crippen LogP contribution in [0.15, 0.2) is 22.7 Å². The summed E-state index contributed by atoms with van der Waals surface area (Å²) in [6, 6.07) is 5.70. The van der Waals surface area contributed by atoms with Gasteiger partial charge in [0.1, 0.15) is 4.75 Å². The fourth-order valence-corrected chi connectivity index (χ4v) is 3.96. The zero-order chi connectivity index (χ0) is 18.0. The summed E-state index contributed by atoms with van der Waals surface area (Å²) in [6.45, 7) is 11.9. The lowest BCUT2D eigenvalue weighted by molar-refractivity contribution is 0.110. The molecule has 23 heavy (non-hydrogen) atoms. The van der Waals surface area contributed by atoms with Crippen LogP contribution in [0.25, 0.3) is 0 Å². The second-order valence-electron chi connectivity index (χ2n) is 7.35. The summed E-state index contributed by atoms with van der Waals surface area (Å²) in [4.78, 5) is 0. The van der Waals surface area contributed by atoms with Crippen molar-refractivity contribution in [2.24, 2.45) is 11.8 Å². The third kappa shape index (κ3) is 5.10. The zero-order valence-corrected chi connectivity index (χ0v) is 17.8. The lowest BCUT2D eigenvalue weighted by atomic mass is 9.75. The number of aliphatic hydroxyl groups is 1. The van der Waals surface area contributed by atoms with Gasteiger partial charge in [0.25, 0.3) is 0 Å². The van der Waals surface area contributed by atoms with E-state index in [0.717, 1.165) is 10.0 Å². The molecule has 0 aliphatic heterocycles. The van der Waals surface area contributed by atoms with Gasteiger partial charge in [-0.3, -0.25) is 0 Å². The van der Waals surface area contributed by atoms with Crippen molar-refractivity contribution in [1.29, 1.82) is 0 Å². The molecule has 1 rings (SSSR count). The first-order valence-corrected chi connectivity index (χ1v) is 10.0. The van der Waals surface area contributed by atoms with Gasteiger partial charge >= 0.3 is 0 Å². The van der Waals surface area contributed by atoms with Crippen LogP contribution in [-0.2, 0) is 16.9 Å². The Kier molecular flexibility index (Phi) is 7.46. The van der Waals surface area contributed by atoms with E-state index in [1.54, 1.807) is 0 Å². The molecule has 3 atom stereocenters. The van der Waals surface area contributed by atoms with E-state index in [-0.39, 0.29) is 18.4 Å². The summed E-state index contributed by atoms with van der Waals surface area (Å²) in [5, 5.41) is 10.5. The maximum atomic E-state index is 12.7. The molecule has 2 N–H and O–H groups in total. The van der Waals surface area contributed by atoms with Crippen molar-refractivity contribution in [2.75, 3.05) is 6.61 Å². The fourth-order valence-electron chi connectivity index (χ4n) is 2.57. The molecule has 2 unspecified atom stereocenters. The van der Waals surface area contributed by atoms with Gasteiger partial charge in [0.05, 0.1) is 10.6 Å². The minimum absolute atomic E-state index is 0.00378. The number of hydrogen-bond acceptors (Lipinski definition) is 3. The predicted molar refractivity (Wildman–Crippen MR) is 103 cm³/mol. The van der Waals surface area contributed by atoms with Gasteiger partial charge in [-0.05, 0) is 67.2 Å². The van der Waals surface area contributed by atoms with E-state index in [1.807, 2.05) is 45.9 Å². The molecule has 1 aromatic rings. The summed E-state index contributed by atoms with van der Waals surface area (Å²) in [7, 11) is 0. The Morgan fingerprint density at radius 3 is 2.26 bits per heavy atom. The summed E-state index contributed by atoms with van der Waals surface area (Å²) < 4.78 is 16.4. The minimum atomic E-state index is -1.27. The molecule has 0 radical (unpaired) electrons. The molecular weight excluding hydrogens is 398 g/mol. The highest BCUT2D eigenvalue weighted by molar-refractivity contribution is 9.10. The first kappa shape index (κ1) is 21.3. The SMILES string of the molecule is CC(C)C(CO)C(C)(N[S@@+]([O-])C(C)(C)C)c1ccc(Br)c(Cl)c1. The van der Waals surface area contributed by atoms with E-state index >= 15 is 0 Å². The molecule has 0 bridgehead atoms. The van der Waals surface area contributed by atoms with Crippen molar-refractivity contribution in [1.82, 2.24) is 4.72 Å². The average molecular weight is 425 g/mol. The maximum Gasteiger partial charge on any atom is 0.136 e. The van der Waals surface area contributed by atoms with Gasteiger partial charge < -0.3 is 9.66 Å². The topological polar surface area (TPSA) is 55.3 Å². The molecule has 132 valence electrons. The smallest absolute Gasteiger partial charge is 0.136 e. The number of nitrogens with one attached hydrogen (secondary N) is 1. The molecule has 0 heterocycles. The van der Waals surface area contributed by atoms with Gasteiger partial charge in [0, 0.05) is 28.4 Å². The Hall–Kier alpha value is 0.220. The highest BCUT2D eigenvalue weighted by atomic mass is 79.9. The van der Waals surface area contributed by atoms with Crippen LogP contribution >= 0.6 is 27.5 Å². The van der Waals surface area contributed by atoms with E-state index in [2.05, 4.69) is 34.5 Å². The number of rotatable bonds is 6. The van der Waals surface area contributed by atoms with E-state index in [9.17, 15) is 9.66 Å². The van der Waals surface area contributed by atoms with Crippen molar-refractivity contribution in [2.45, 2.75) is 51.8 Å². The van der Waals surface area contributed by atoms with Crippen LogP contribution in [0.2, 0.25) is 5.02 Å². The summed E-state index contributed by atoms with van der Waals surface area (Å²) in [6.07, 6.45) is 0. The van der Waals surface area contributed by atoms with Crippen LogP contribution < -0.4 is 4.72 Å². The number of benzene rings is 1. The monoisotopic (exact) mass is 423 g/mol. The van der Waals surface area contributed by atoms with Crippen molar-refractivity contribution >= 4 is 38.9 Å². The highest BCUT2D eigenvalue weighted by Crippen LogP contribution is 2.38. The molecule has 3 nitrogen and oxygen atoms in total. The molecule has 0 aliphatic rings. The van der Waals surface area contributed by atoms with E-state index < -0.39 is 21.6 Å². The van der Waals surface area contributed by atoms with Gasteiger partial charge in [-0.1, -0.05) is 31.5 Å². The summed E-state index contributed by atoms with van der Waals surface area (Å²) in [5.74, 6) is 0.0999. The average Bonchev–Trinajstić information content (AvgIpc) is 2.40. The van der Waals surface area contributed by atoms with Gasteiger partial charge in [-0.15, -0.1) is 4.72 Å². The second-order valence-corrected chi connectivity index (χ2v) is 10.6. The summed E-state index contributed by atoms with van der Waals surface area (Å²) >= 11 is 8.39. The lowest BCUT2D eigenvalue weighted by Gasteiger charge is -2.41. The third-order valence-electron chi connectivity index (χ3n) is 4.12. The predicted octanol–water partition coefficient (Wildman–Crippen LogP) is 4.63. The molecular formula is C17H27BrClNO2S. The largest absolute Gasteiger partial charge is 0.598 e. The standard InChI is InChI=1S/C17H27BrClNO2S/c1-11(2)13(10-21)17(6,20-23(22)16(3,4)5)12-7-8-14(18)15(19)9-12/h7-9,11,13,20-21H,10H2,1-6H3/t13?,17?,23-/m0/s1. The van der Waals surface area contributed by atoms with Crippen LogP contribution in [0.5, 0.6) is 0 Å². The van der Waals surface area contributed by atoms with E-state index in [0.29, 0.717) is 5.02 Å². The second kappa shape index (κ2) is 8.07. The van der Waals surface area contributed by atoms with Crippen LogP contribution in [0.1, 0.15) is 47.1 Å². The van der Waals surface area contributed by atoms with Gasteiger partial charge in [-0.25, -0.2) is 0 Å². The van der Waals surface area contributed by atoms with Crippen LogP contribution in [-0.4, -0.2) is 21.0 Å². The molecule has 0 fully saturated rings. The quantitative estimate of drug-likeness (QED) is 0.654. The zero-order valence-electron chi connectivity index (χ0n) is 14.6. The number of aliphatic hydroxyl groups excluding tert-OH is 1. The molecule has 0 aromatic heterocycles. The highest BCUT2D eigenvalue weighted by Gasteiger charge is 2.44. The molecule has 0 spiro atoms. The Bertz CT molecular complexity index is 536. The maximum absolute atomic E-state index is 12.7. The van der Waals surface area contributed by atoms with Crippen molar-refractivity contribution in [3.8, 4) is 0 Å². The lowest BCUT2D eigenvalue weighted by Crippen LogP contribution is -2.55. The van der Waals surface area contributed by atoms with Crippen LogP contribution in [0, 0.1) is 11.8 Å². The Labute approximate surface area is 156 Å². The first-order chi connectivity index (χ1) is 10.4. The van der Waals surface area contributed by atoms with Gasteiger partial charge in [0.2, 0.25) is 0 Å². The fraction of sp³-hybridized carbons (Fsp3) is 0.647. The molecule has 0 amide bonds. The Balaban J connectivity index is 3.38. The number of halogens is 2.